The van der Waals surface area contributed by atoms with Gasteiger partial charge < -0.3 is 9.47 Å². The average molecular weight is 346 g/mol. The molecule has 1 saturated heterocycles. The predicted molar refractivity (Wildman–Crippen MR) is 87.5 cm³/mol. The van der Waals surface area contributed by atoms with Crippen LogP contribution in [0.2, 0.25) is 0 Å². The van der Waals surface area contributed by atoms with E-state index in [1.54, 1.807) is 31.2 Å². The second kappa shape index (κ2) is 7.61. The summed E-state index contributed by atoms with van der Waals surface area (Å²) in [7, 11) is 2.59. The van der Waals surface area contributed by atoms with Crippen molar-refractivity contribution >= 4 is 29.9 Å². The molecule has 1 aromatic carbocycles. The molecule has 0 aliphatic carbocycles. The fourth-order valence-corrected chi connectivity index (χ4v) is 2.20. The zero-order valence-electron chi connectivity index (χ0n) is 14.1. The van der Waals surface area contributed by atoms with Crippen LogP contribution in [0.4, 0.5) is 4.79 Å². The second-order valence-corrected chi connectivity index (χ2v) is 5.20. The van der Waals surface area contributed by atoms with Gasteiger partial charge in [-0.25, -0.2) is 9.59 Å². The number of urea groups is 1. The number of para-hydroxylation sites is 1. The highest BCUT2D eigenvalue weighted by Crippen LogP contribution is 2.24. The first-order valence-corrected chi connectivity index (χ1v) is 7.56. The number of rotatable bonds is 5. The van der Waals surface area contributed by atoms with Crippen LogP contribution >= 0.6 is 0 Å². The summed E-state index contributed by atoms with van der Waals surface area (Å²) in [5.74, 6) is -1.62. The maximum absolute atomic E-state index is 12.2. The molecule has 0 saturated carbocycles. The largest absolute Gasteiger partial charge is 0.481 e. The molecule has 0 unspecified atom stereocenters. The maximum Gasteiger partial charge on any atom is 0.344 e. The molecular weight excluding hydrogens is 328 g/mol. The fraction of sp³-hybridized carbons (Fsp3) is 0.294. The number of imide groups is 2. The van der Waals surface area contributed by atoms with Crippen molar-refractivity contribution in [2.24, 2.45) is 0 Å². The SMILES string of the molecule is CCOC(=O)COc1ccccc1C=C1C(=O)N(C)C(=O)N(C)C1=O. The van der Waals surface area contributed by atoms with Crippen molar-refractivity contribution in [1.82, 2.24) is 9.80 Å². The van der Waals surface area contributed by atoms with Crippen LogP contribution in [0.5, 0.6) is 5.75 Å². The molecule has 0 N–H and O–H groups in total. The molecule has 8 heteroatoms. The molecule has 1 heterocycles. The molecule has 4 amide bonds. The van der Waals surface area contributed by atoms with Crippen LogP contribution in [0.15, 0.2) is 29.8 Å². The summed E-state index contributed by atoms with van der Waals surface area (Å²) in [4.78, 5) is 49.4. The smallest absolute Gasteiger partial charge is 0.344 e. The number of nitrogens with zero attached hydrogens (tertiary/aromatic N) is 2. The third-order valence-electron chi connectivity index (χ3n) is 3.51. The van der Waals surface area contributed by atoms with Gasteiger partial charge in [0.25, 0.3) is 11.8 Å². The Kier molecular flexibility index (Phi) is 5.53. The number of carbonyl (C=O) groups excluding carboxylic acids is 4. The van der Waals surface area contributed by atoms with E-state index in [0.717, 1.165) is 9.80 Å². The number of hydrogen-bond donors (Lipinski definition) is 0. The topological polar surface area (TPSA) is 93.2 Å². The normalized spacial score (nSPS) is 14.7. The van der Waals surface area contributed by atoms with E-state index < -0.39 is 23.8 Å². The van der Waals surface area contributed by atoms with Crippen molar-refractivity contribution in [3.63, 3.8) is 0 Å². The molecular formula is C17H18N2O6. The van der Waals surface area contributed by atoms with Gasteiger partial charge in [0.15, 0.2) is 6.61 Å². The first kappa shape index (κ1) is 18.2. The Balaban J connectivity index is 2.31. The average Bonchev–Trinajstić information content (AvgIpc) is 2.61. The van der Waals surface area contributed by atoms with Crippen molar-refractivity contribution in [2.75, 3.05) is 27.3 Å². The number of barbiturate groups is 1. The van der Waals surface area contributed by atoms with Gasteiger partial charge in [0.05, 0.1) is 6.61 Å². The van der Waals surface area contributed by atoms with Crippen molar-refractivity contribution in [1.29, 1.82) is 0 Å². The molecule has 1 aliphatic heterocycles. The highest BCUT2D eigenvalue weighted by Gasteiger charge is 2.37. The Bertz CT molecular complexity index is 729. The van der Waals surface area contributed by atoms with E-state index in [9.17, 15) is 19.2 Å². The standard InChI is InChI=1S/C17H18N2O6/c1-4-24-14(20)10-25-13-8-6-5-7-11(13)9-12-15(21)18(2)17(23)19(3)16(12)22/h5-9H,4,10H2,1-3H3. The molecule has 1 aliphatic rings. The number of likely N-dealkylation sites (N-methyl/N-ethyl adjacent to an activating group) is 2. The van der Waals surface area contributed by atoms with E-state index in [-0.39, 0.29) is 18.8 Å². The summed E-state index contributed by atoms with van der Waals surface area (Å²) in [5, 5.41) is 0. The third kappa shape index (κ3) is 3.85. The number of benzene rings is 1. The molecule has 8 nitrogen and oxygen atoms in total. The Morgan fingerprint density at radius 1 is 1.08 bits per heavy atom. The van der Waals surface area contributed by atoms with E-state index in [4.69, 9.17) is 9.47 Å². The van der Waals surface area contributed by atoms with Crippen LogP contribution in [-0.4, -0.2) is 60.9 Å². The lowest BCUT2D eigenvalue weighted by Crippen LogP contribution is -2.52. The van der Waals surface area contributed by atoms with Gasteiger partial charge in [-0.05, 0) is 19.1 Å². The Morgan fingerprint density at radius 3 is 2.28 bits per heavy atom. The number of amides is 4. The summed E-state index contributed by atoms with van der Waals surface area (Å²) in [6, 6.07) is 5.92. The van der Waals surface area contributed by atoms with Gasteiger partial charge in [0.1, 0.15) is 11.3 Å². The minimum atomic E-state index is -0.701. The van der Waals surface area contributed by atoms with Gasteiger partial charge in [-0.2, -0.15) is 0 Å². The summed E-state index contributed by atoms with van der Waals surface area (Å²) in [6.07, 6.45) is 1.34. The van der Waals surface area contributed by atoms with E-state index in [0.29, 0.717) is 11.3 Å². The zero-order chi connectivity index (χ0) is 18.6. The zero-order valence-corrected chi connectivity index (χ0v) is 14.1. The summed E-state index contributed by atoms with van der Waals surface area (Å²) in [5.41, 5.74) is 0.261. The van der Waals surface area contributed by atoms with E-state index in [1.807, 2.05) is 0 Å². The Morgan fingerprint density at radius 2 is 1.68 bits per heavy atom. The quantitative estimate of drug-likeness (QED) is 0.450. The highest BCUT2D eigenvalue weighted by molar-refractivity contribution is 6.30. The van der Waals surface area contributed by atoms with Crippen LogP contribution in [0, 0.1) is 0 Å². The van der Waals surface area contributed by atoms with Crippen molar-refractivity contribution in [2.45, 2.75) is 6.92 Å². The molecule has 1 aromatic rings. The van der Waals surface area contributed by atoms with E-state index >= 15 is 0 Å². The van der Waals surface area contributed by atoms with Crippen LogP contribution in [0.3, 0.4) is 0 Å². The number of carbonyl (C=O) groups is 4. The van der Waals surface area contributed by atoms with Gasteiger partial charge in [0.2, 0.25) is 0 Å². The van der Waals surface area contributed by atoms with Crippen molar-refractivity contribution in [3.05, 3.63) is 35.4 Å². The molecule has 132 valence electrons. The lowest BCUT2D eigenvalue weighted by atomic mass is 10.1. The molecule has 0 spiro atoms. The number of ether oxygens (including phenoxy) is 2. The molecule has 2 rings (SSSR count). The number of esters is 1. The Labute approximate surface area is 144 Å². The molecule has 0 bridgehead atoms. The second-order valence-electron chi connectivity index (χ2n) is 5.20. The van der Waals surface area contributed by atoms with E-state index in [1.165, 1.54) is 20.2 Å². The van der Waals surface area contributed by atoms with Gasteiger partial charge in [-0.3, -0.25) is 19.4 Å². The predicted octanol–water partition coefficient (Wildman–Crippen LogP) is 1.06. The first-order chi connectivity index (χ1) is 11.9. The molecule has 0 aromatic heterocycles. The van der Waals surface area contributed by atoms with Crippen LogP contribution in [-0.2, 0) is 19.1 Å². The minimum absolute atomic E-state index is 0.170. The lowest BCUT2D eigenvalue weighted by molar-refractivity contribution is -0.145. The van der Waals surface area contributed by atoms with Crippen molar-refractivity contribution < 1.29 is 28.7 Å². The maximum atomic E-state index is 12.2. The summed E-state index contributed by atoms with van der Waals surface area (Å²) >= 11 is 0. The molecule has 1 fully saturated rings. The number of hydrogen-bond acceptors (Lipinski definition) is 6. The van der Waals surface area contributed by atoms with Gasteiger partial charge in [-0.1, -0.05) is 18.2 Å². The van der Waals surface area contributed by atoms with Gasteiger partial charge in [-0.15, -0.1) is 0 Å². The molecule has 0 radical (unpaired) electrons. The third-order valence-corrected chi connectivity index (χ3v) is 3.51. The summed E-state index contributed by atoms with van der Waals surface area (Å²) < 4.78 is 10.2. The Hall–Kier alpha value is -3.16. The van der Waals surface area contributed by atoms with Crippen molar-refractivity contribution in [3.8, 4) is 5.75 Å². The highest BCUT2D eigenvalue weighted by atomic mass is 16.6. The van der Waals surface area contributed by atoms with Crippen LogP contribution < -0.4 is 4.74 Å². The molecule has 25 heavy (non-hydrogen) atoms. The van der Waals surface area contributed by atoms with Crippen LogP contribution in [0.25, 0.3) is 6.08 Å². The van der Waals surface area contributed by atoms with Crippen LogP contribution in [0.1, 0.15) is 12.5 Å². The fourth-order valence-electron chi connectivity index (χ4n) is 2.20. The summed E-state index contributed by atoms with van der Waals surface area (Å²) in [6.45, 7) is 1.63. The first-order valence-electron chi connectivity index (χ1n) is 7.56. The monoisotopic (exact) mass is 346 g/mol. The lowest BCUT2D eigenvalue weighted by Gasteiger charge is -2.28. The molecule has 0 atom stereocenters. The van der Waals surface area contributed by atoms with E-state index in [2.05, 4.69) is 0 Å². The minimum Gasteiger partial charge on any atom is -0.481 e. The van der Waals surface area contributed by atoms with Gasteiger partial charge in [0, 0.05) is 19.7 Å². The van der Waals surface area contributed by atoms with Gasteiger partial charge >= 0.3 is 12.0 Å².